The Hall–Kier alpha value is -1.46. The van der Waals surface area contributed by atoms with E-state index in [4.69, 9.17) is 4.74 Å². The molecule has 5 heteroatoms. The quantitative estimate of drug-likeness (QED) is 0.843. The molecule has 0 aromatic heterocycles. The van der Waals surface area contributed by atoms with Crippen LogP contribution in [0.1, 0.15) is 29.2 Å². The van der Waals surface area contributed by atoms with E-state index in [2.05, 4.69) is 15.9 Å². The molecule has 0 aliphatic heterocycles. The number of hydrogen-bond acceptors (Lipinski definition) is 2. The summed E-state index contributed by atoms with van der Waals surface area (Å²) < 4.78 is 31.4. The van der Waals surface area contributed by atoms with Crippen LogP contribution in [0.2, 0.25) is 0 Å². The maximum Gasteiger partial charge on any atom is 0.263 e. The largest absolute Gasteiger partial charge is 0.497 e. The zero-order valence-corrected chi connectivity index (χ0v) is 13.0. The highest BCUT2D eigenvalue weighted by atomic mass is 79.9. The van der Waals surface area contributed by atoms with Gasteiger partial charge < -0.3 is 9.84 Å². The third-order valence-electron chi connectivity index (χ3n) is 3.21. The molecule has 1 atom stereocenters. The third-order valence-corrected chi connectivity index (χ3v) is 3.99. The highest BCUT2D eigenvalue weighted by Gasteiger charge is 2.14. The summed E-state index contributed by atoms with van der Waals surface area (Å²) in [6.45, 7) is 0. The van der Waals surface area contributed by atoms with E-state index in [1.807, 2.05) is 12.1 Å². The van der Waals surface area contributed by atoms with Crippen molar-refractivity contribution in [2.75, 3.05) is 7.11 Å². The first-order chi connectivity index (χ1) is 10.0. The van der Waals surface area contributed by atoms with Crippen LogP contribution in [0.25, 0.3) is 0 Å². The Kier molecular flexibility index (Phi) is 5.31. The molecular weight excluding hydrogens is 342 g/mol. The van der Waals surface area contributed by atoms with Crippen LogP contribution in [0.3, 0.4) is 0 Å². The van der Waals surface area contributed by atoms with E-state index >= 15 is 0 Å². The number of halogens is 3. The van der Waals surface area contributed by atoms with Gasteiger partial charge in [0.05, 0.1) is 13.2 Å². The van der Waals surface area contributed by atoms with Crippen molar-refractivity contribution in [3.05, 3.63) is 63.6 Å². The number of rotatable bonds is 5. The fourth-order valence-electron chi connectivity index (χ4n) is 2.06. The van der Waals surface area contributed by atoms with Gasteiger partial charge in [-0.2, -0.15) is 0 Å². The molecule has 2 rings (SSSR count). The molecule has 2 nitrogen and oxygen atoms in total. The smallest absolute Gasteiger partial charge is 0.263 e. The van der Waals surface area contributed by atoms with Crippen LogP contribution in [0.4, 0.5) is 8.78 Å². The summed E-state index contributed by atoms with van der Waals surface area (Å²) in [6.07, 6.45) is -3.09. The lowest BCUT2D eigenvalue weighted by atomic mass is 9.99. The lowest BCUT2D eigenvalue weighted by molar-refractivity contribution is 0.149. The molecule has 0 spiro atoms. The average Bonchev–Trinajstić information content (AvgIpc) is 2.49. The van der Waals surface area contributed by atoms with Crippen LogP contribution in [0.15, 0.2) is 46.9 Å². The van der Waals surface area contributed by atoms with E-state index < -0.39 is 12.5 Å². The summed E-state index contributed by atoms with van der Waals surface area (Å²) >= 11 is 3.41. The van der Waals surface area contributed by atoms with Gasteiger partial charge in [0.2, 0.25) is 0 Å². The molecule has 1 unspecified atom stereocenters. The molecule has 112 valence electrons. The van der Waals surface area contributed by atoms with Gasteiger partial charge >= 0.3 is 0 Å². The maximum absolute atomic E-state index is 12.7. The number of benzene rings is 2. The standard InChI is InChI=1S/C16H15BrF2O2/c1-21-13-5-6-14(17)12(8-13)9-15(20)10-3-2-4-11(7-10)16(18)19/h2-8,15-16,20H,9H2,1H3. The van der Waals surface area contributed by atoms with E-state index in [0.29, 0.717) is 17.7 Å². The van der Waals surface area contributed by atoms with Gasteiger partial charge in [-0.15, -0.1) is 0 Å². The predicted octanol–water partition coefficient (Wildman–Crippen LogP) is 4.67. The topological polar surface area (TPSA) is 29.5 Å². The normalized spacial score (nSPS) is 12.5. The molecule has 0 heterocycles. The SMILES string of the molecule is COc1ccc(Br)c(CC(O)c2cccc(C(F)F)c2)c1. The zero-order valence-electron chi connectivity index (χ0n) is 11.4. The van der Waals surface area contributed by atoms with Crippen molar-refractivity contribution in [3.8, 4) is 5.75 Å². The second-order valence-corrected chi connectivity index (χ2v) is 5.50. The Labute approximate surface area is 130 Å². The number of alkyl halides is 2. The summed E-state index contributed by atoms with van der Waals surface area (Å²) in [7, 11) is 1.57. The molecule has 0 amide bonds. The molecular formula is C16H15BrF2O2. The average molecular weight is 357 g/mol. The van der Waals surface area contributed by atoms with Crippen LogP contribution in [0.5, 0.6) is 5.75 Å². The van der Waals surface area contributed by atoms with Crippen molar-refractivity contribution in [1.82, 2.24) is 0 Å². The van der Waals surface area contributed by atoms with Gasteiger partial charge in [0.25, 0.3) is 6.43 Å². The molecule has 0 radical (unpaired) electrons. The molecule has 21 heavy (non-hydrogen) atoms. The first-order valence-electron chi connectivity index (χ1n) is 6.39. The van der Waals surface area contributed by atoms with Gasteiger partial charge in [-0.1, -0.05) is 34.1 Å². The van der Waals surface area contributed by atoms with Gasteiger partial charge in [-0.3, -0.25) is 0 Å². The summed E-state index contributed by atoms with van der Waals surface area (Å²) in [4.78, 5) is 0. The molecule has 2 aromatic rings. The van der Waals surface area contributed by atoms with Crippen LogP contribution in [-0.4, -0.2) is 12.2 Å². The number of aliphatic hydroxyl groups is 1. The Morgan fingerprint density at radius 2 is 1.86 bits per heavy atom. The van der Waals surface area contributed by atoms with Crippen LogP contribution < -0.4 is 4.74 Å². The Balaban J connectivity index is 2.21. The minimum Gasteiger partial charge on any atom is -0.497 e. The molecule has 0 bridgehead atoms. The van der Waals surface area contributed by atoms with E-state index in [0.717, 1.165) is 10.0 Å². The van der Waals surface area contributed by atoms with E-state index in [-0.39, 0.29) is 5.56 Å². The van der Waals surface area contributed by atoms with Crippen molar-refractivity contribution in [2.45, 2.75) is 19.0 Å². The molecule has 1 N–H and O–H groups in total. The molecule has 0 aliphatic carbocycles. The Bertz CT molecular complexity index is 617. The van der Waals surface area contributed by atoms with Gasteiger partial charge in [0.15, 0.2) is 0 Å². The van der Waals surface area contributed by atoms with Crippen molar-refractivity contribution >= 4 is 15.9 Å². The lowest BCUT2D eigenvalue weighted by Gasteiger charge is -2.14. The van der Waals surface area contributed by atoms with Crippen molar-refractivity contribution in [3.63, 3.8) is 0 Å². The van der Waals surface area contributed by atoms with Crippen LogP contribution in [-0.2, 0) is 6.42 Å². The second kappa shape index (κ2) is 7.00. The fourth-order valence-corrected chi connectivity index (χ4v) is 2.47. The lowest BCUT2D eigenvalue weighted by Crippen LogP contribution is -2.03. The number of hydrogen-bond donors (Lipinski definition) is 1. The van der Waals surface area contributed by atoms with E-state index in [1.54, 1.807) is 19.2 Å². The Morgan fingerprint density at radius 1 is 1.14 bits per heavy atom. The summed E-state index contributed by atoms with van der Waals surface area (Å²) in [5, 5.41) is 10.3. The van der Waals surface area contributed by atoms with Crippen molar-refractivity contribution < 1.29 is 18.6 Å². The predicted molar refractivity (Wildman–Crippen MR) is 80.8 cm³/mol. The minimum atomic E-state index is -2.54. The molecule has 0 saturated heterocycles. The number of aliphatic hydroxyl groups excluding tert-OH is 1. The van der Waals surface area contributed by atoms with Gasteiger partial charge in [-0.05, 0) is 35.4 Å². The summed E-state index contributed by atoms with van der Waals surface area (Å²) in [5.41, 5.74) is 1.24. The monoisotopic (exact) mass is 356 g/mol. The van der Waals surface area contributed by atoms with E-state index in [1.165, 1.54) is 18.2 Å². The summed E-state index contributed by atoms with van der Waals surface area (Å²) in [6, 6.07) is 11.3. The third kappa shape index (κ3) is 4.02. The van der Waals surface area contributed by atoms with Crippen LogP contribution >= 0.6 is 15.9 Å². The first-order valence-corrected chi connectivity index (χ1v) is 7.19. The molecule has 0 saturated carbocycles. The van der Waals surface area contributed by atoms with Crippen molar-refractivity contribution in [1.29, 1.82) is 0 Å². The fraction of sp³-hybridized carbons (Fsp3) is 0.250. The minimum absolute atomic E-state index is 0.0868. The Morgan fingerprint density at radius 3 is 2.52 bits per heavy atom. The van der Waals surface area contributed by atoms with Gasteiger partial charge in [0, 0.05) is 16.5 Å². The zero-order chi connectivity index (χ0) is 15.4. The van der Waals surface area contributed by atoms with Gasteiger partial charge in [0.1, 0.15) is 5.75 Å². The second-order valence-electron chi connectivity index (χ2n) is 4.65. The highest BCUT2D eigenvalue weighted by molar-refractivity contribution is 9.10. The van der Waals surface area contributed by atoms with Crippen LogP contribution in [0, 0.1) is 0 Å². The first kappa shape index (κ1) is 15.9. The maximum atomic E-state index is 12.7. The number of ether oxygens (including phenoxy) is 1. The molecule has 0 fully saturated rings. The molecule has 2 aromatic carbocycles. The summed E-state index contributed by atoms with van der Waals surface area (Å²) in [5.74, 6) is 0.682. The number of methoxy groups -OCH3 is 1. The van der Waals surface area contributed by atoms with Gasteiger partial charge in [-0.25, -0.2) is 8.78 Å². The molecule has 0 aliphatic rings. The van der Waals surface area contributed by atoms with E-state index in [9.17, 15) is 13.9 Å². The van der Waals surface area contributed by atoms with Crippen molar-refractivity contribution in [2.24, 2.45) is 0 Å². The highest BCUT2D eigenvalue weighted by Crippen LogP contribution is 2.29.